The smallest absolute Gasteiger partial charge is 0.303 e. The van der Waals surface area contributed by atoms with E-state index >= 15 is 0 Å². The Hall–Kier alpha value is -3.87. The van der Waals surface area contributed by atoms with Gasteiger partial charge in [0.05, 0.1) is 0 Å². The summed E-state index contributed by atoms with van der Waals surface area (Å²) in [4.78, 5) is 84.1. The SMILES string of the molecule is CO[C@@H]1O[C@H](COC(C)=O)[C@@H](OC(C)=O)[C@H](O[C@@H]2O[C@H](COC(C)=O)[C@H](OC(C)=O)[C@H](OC(C)=O)[C@H]2OC(C)=O)[C@H]1OC(C)=O. The van der Waals surface area contributed by atoms with Gasteiger partial charge < -0.3 is 52.1 Å². The van der Waals surface area contributed by atoms with Crippen LogP contribution in [0.25, 0.3) is 0 Å². The zero-order chi connectivity index (χ0) is 34.0. The average molecular weight is 651 g/mol. The first kappa shape index (κ1) is 37.3. The van der Waals surface area contributed by atoms with Gasteiger partial charge in [0.25, 0.3) is 0 Å². The normalized spacial score (nSPS) is 31.0. The van der Waals surface area contributed by atoms with Crippen LogP contribution in [0.5, 0.6) is 0 Å². The zero-order valence-electron chi connectivity index (χ0n) is 26.0. The van der Waals surface area contributed by atoms with Gasteiger partial charge in [0, 0.05) is 55.6 Å². The molecule has 0 unspecified atom stereocenters. The predicted octanol–water partition coefficient (Wildman–Crippen LogP) is -0.747. The van der Waals surface area contributed by atoms with Crippen LogP contribution in [-0.4, -0.2) is 124 Å². The number of hydrogen-bond acceptors (Lipinski definition) is 18. The first-order valence-corrected chi connectivity index (χ1v) is 13.7. The molecule has 2 saturated heterocycles. The molecule has 2 aliphatic heterocycles. The van der Waals surface area contributed by atoms with Crippen LogP contribution in [0.2, 0.25) is 0 Å². The molecule has 10 atom stereocenters. The molecule has 2 rings (SSSR count). The minimum absolute atomic E-state index is 0.474. The number of methoxy groups -OCH3 is 1. The highest BCUT2D eigenvalue weighted by Crippen LogP contribution is 2.35. The molecule has 0 saturated carbocycles. The van der Waals surface area contributed by atoms with Crippen molar-refractivity contribution in [1.29, 1.82) is 0 Å². The molecular formula is C27H38O18. The summed E-state index contributed by atoms with van der Waals surface area (Å²) < 4.78 is 60.6. The Kier molecular flexibility index (Phi) is 14.1. The monoisotopic (exact) mass is 650 g/mol. The molecule has 0 N–H and O–H groups in total. The summed E-state index contributed by atoms with van der Waals surface area (Å²) in [6.45, 7) is 6.47. The van der Waals surface area contributed by atoms with Crippen LogP contribution >= 0.6 is 0 Å². The lowest BCUT2D eigenvalue weighted by atomic mass is 9.96. The molecule has 2 fully saturated rings. The molecule has 0 aromatic carbocycles. The van der Waals surface area contributed by atoms with Gasteiger partial charge in [0.1, 0.15) is 31.5 Å². The van der Waals surface area contributed by atoms with Crippen molar-refractivity contribution in [2.24, 2.45) is 0 Å². The molecule has 0 aliphatic carbocycles. The number of carbonyl (C=O) groups excluding carboxylic acids is 7. The molecule has 0 aromatic heterocycles. The Morgan fingerprint density at radius 2 is 0.778 bits per heavy atom. The van der Waals surface area contributed by atoms with Crippen LogP contribution in [-0.2, 0) is 85.7 Å². The fourth-order valence-electron chi connectivity index (χ4n) is 4.66. The third-order valence-corrected chi connectivity index (χ3v) is 6.12. The first-order chi connectivity index (χ1) is 21.0. The Morgan fingerprint density at radius 3 is 1.16 bits per heavy atom. The Balaban J connectivity index is 2.70. The average Bonchev–Trinajstić information content (AvgIpc) is 2.90. The quantitative estimate of drug-likeness (QED) is 0.187. The summed E-state index contributed by atoms with van der Waals surface area (Å²) >= 11 is 0. The van der Waals surface area contributed by atoms with Crippen LogP contribution < -0.4 is 0 Å². The van der Waals surface area contributed by atoms with Gasteiger partial charge in [-0.05, 0) is 0 Å². The van der Waals surface area contributed by atoms with Gasteiger partial charge in [0.15, 0.2) is 43.1 Å². The summed E-state index contributed by atoms with van der Waals surface area (Å²) in [5.41, 5.74) is 0. The van der Waals surface area contributed by atoms with Gasteiger partial charge in [-0.3, -0.25) is 33.6 Å². The minimum Gasteiger partial charge on any atom is -0.463 e. The Labute approximate surface area is 258 Å². The molecule has 0 radical (unpaired) electrons. The van der Waals surface area contributed by atoms with Crippen molar-refractivity contribution in [1.82, 2.24) is 0 Å². The van der Waals surface area contributed by atoms with E-state index in [1.54, 1.807) is 0 Å². The van der Waals surface area contributed by atoms with Gasteiger partial charge >= 0.3 is 41.8 Å². The zero-order valence-corrected chi connectivity index (χ0v) is 26.0. The number of ether oxygens (including phenoxy) is 11. The van der Waals surface area contributed by atoms with Gasteiger partial charge in [-0.2, -0.15) is 0 Å². The van der Waals surface area contributed by atoms with Crippen molar-refractivity contribution < 1.29 is 85.7 Å². The van der Waals surface area contributed by atoms with Crippen LogP contribution in [0.4, 0.5) is 0 Å². The van der Waals surface area contributed by atoms with E-state index in [-0.39, 0.29) is 0 Å². The molecule has 45 heavy (non-hydrogen) atoms. The molecule has 254 valence electrons. The maximum Gasteiger partial charge on any atom is 0.303 e. The second kappa shape index (κ2) is 17.0. The number of hydrogen-bond donors (Lipinski definition) is 0. The van der Waals surface area contributed by atoms with Crippen LogP contribution in [0.1, 0.15) is 48.5 Å². The molecule has 2 aliphatic rings. The molecule has 0 spiro atoms. The van der Waals surface area contributed by atoms with Crippen molar-refractivity contribution in [2.75, 3.05) is 20.3 Å². The third kappa shape index (κ3) is 11.2. The topological polar surface area (TPSA) is 221 Å². The van der Waals surface area contributed by atoms with Crippen molar-refractivity contribution >= 4 is 41.8 Å². The first-order valence-electron chi connectivity index (χ1n) is 13.7. The minimum atomic E-state index is -1.77. The van der Waals surface area contributed by atoms with E-state index in [0.29, 0.717) is 0 Å². The van der Waals surface area contributed by atoms with E-state index in [0.717, 1.165) is 48.5 Å². The van der Waals surface area contributed by atoms with Crippen molar-refractivity contribution in [3.8, 4) is 0 Å². The van der Waals surface area contributed by atoms with Gasteiger partial charge in [-0.1, -0.05) is 0 Å². The second-order valence-electron chi connectivity index (χ2n) is 9.90. The highest BCUT2D eigenvalue weighted by atomic mass is 16.8. The number of rotatable bonds is 12. The van der Waals surface area contributed by atoms with Crippen LogP contribution in [0, 0.1) is 0 Å². The fourth-order valence-corrected chi connectivity index (χ4v) is 4.66. The molecule has 18 nitrogen and oxygen atoms in total. The summed E-state index contributed by atoms with van der Waals surface area (Å²) in [5.74, 6) is -5.76. The summed E-state index contributed by atoms with van der Waals surface area (Å²) in [6, 6.07) is 0. The maximum atomic E-state index is 12.2. The van der Waals surface area contributed by atoms with E-state index in [9.17, 15) is 33.6 Å². The molecule has 18 heteroatoms. The van der Waals surface area contributed by atoms with E-state index in [2.05, 4.69) is 0 Å². The summed E-state index contributed by atoms with van der Waals surface area (Å²) in [7, 11) is 1.21. The molecule has 0 bridgehead atoms. The van der Waals surface area contributed by atoms with Crippen molar-refractivity contribution in [3.05, 3.63) is 0 Å². The molecule has 0 aromatic rings. The van der Waals surface area contributed by atoms with E-state index < -0.39 is 116 Å². The van der Waals surface area contributed by atoms with Gasteiger partial charge in [0.2, 0.25) is 0 Å². The molecule has 2 heterocycles. The summed E-state index contributed by atoms with van der Waals surface area (Å²) in [5, 5.41) is 0. The third-order valence-electron chi connectivity index (χ3n) is 6.12. The lowest BCUT2D eigenvalue weighted by Gasteiger charge is -2.48. The molecular weight excluding hydrogens is 612 g/mol. The fraction of sp³-hybridized carbons (Fsp3) is 0.741. The highest BCUT2D eigenvalue weighted by molar-refractivity contribution is 5.69. The van der Waals surface area contributed by atoms with Gasteiger partial charge in [-0.15, -0.1) is 0 Å². The summed E-state index contributed by atoms with van der Waals surface area (Å²) in [6.07, 6.45) is -15.1. The Morgan fingerprint density at radius 1 is 0.444 bits per heavy atom. The van der Waals surface area contributed by atoms with Crippen LogP contribution in [0.15, 0.2) is 0 Å². The van der Waals surface area contributed by atoms with Crippen molar-refractivity contribution in [3.63, 3.8) is 0 Å². The second-order valence-corrected chi connectivity index (χ2v) is 9.90. The standard InChI is InChI=1S/C27H38O18/c1-11(28)36-9-18-21(39-14(4)31)23(24(41-16(6)33)26(35-8)43-18)45-27-25(42-17(7)34)22(40-15(5)32)20(38-13(3)30)19(44-27)10-37-12(2)29/h18-27H,9-10H2,1-8H3/t18-,19-,20+,21-,22+,23+,24-,25-,26-,27+/m1/s1. The van der Waals surface area contributed by atoms with Gasteiger partial charge in [-0.25, -0.2) is 0 Å². The lowest BCUT2D eigenvalue weighted by Crippen LogP contribution is -2.67. The highest BCUT2D eigenvalue weighted by Gasteiger charge is 2.57. The lowest BCUT2D eigenvalue weighted by molar-refractivity contribution is -0.360. The van der Waals surface area contributed by atoms with E-state index in [1.165, 1.54) is 7.11 Å². The Bertz CT molecular complexity index is 1110. The predicted molar refractivity (Wildman–Crippen MR) is 140 cm³/mol. The van der Waals surface area contributed by atoms with E-state index in [4.69, 9.17) is 52.1 Å². The number of esters is 7. The van der Waals surface area contributed by atoms with Crippen LogP contribution in [0.3, 0.4) is 0 Å². The largest absolute Gasteiger partial charge is 0.463 e. The number of carbonyl (C=O) groups is 7. The van der Waals surface area contributed by atoms with Crippen molar-refractivity contribution in [2.45, 2.75) is 110 Å². The maximum absolute atomic E-state index is 12.2. The molecule has 0 amide bonds. The van der Waals surface area contributed by atoms with E-state index in [1.807, 2.05) is 0 Å².